The highest BCUT2D eigenvalue weighted by molar-refractivity contribution is 5.70. The number of hydrogen-bond donors (Lipinski definition) is 0. The zero-order valence-corrected chi connectivity index (χ0v) is 54.1. The van der Waals surface area contributed by atoms with E-state index < -0.39 is 30.3 Å². The van der Waals surface area contributed by atoms with Gasteiger partial charge in [-0.2, -0.15) is 0 Å². The van der Waals surface area contributed by atoms with E-state index in [1.165, 1.54) is 51.4 Å². The van der Waals surface area contributed by atoms with Crippen molar-refractivity contribution in [3.8, 4) is 0 Å². The monoisotopic (exact) mass is 1170 g/mol. The third-order valence-corrected chi connectivity index (χ3v) is 13.1. The van der Waals surface area contributed by atoms with Gasteiger partial charge in [-0.15, -0.1) is 0 Å². The lowest BCUT2D eigenvalue weighted by Crippen LogP contribution is -2.44. The van der Waals surface area contributed by atoms with E-state index in [4.69, 9.17) is 18.9 Å². The molecule has 476 valence electrons. The minimum absolute atomic E-state index is 0.128. The van der Waals surface area contributed by atoms with Crippen molar-refractivity contribution in [3.63, 3.8) is 0 Å². The lowest BCUT2D eigenvalue weighted by molar-refractivity contribution is -0.870. The number of esters is 2. The van der Waals surface area contributed by atoms with Crippen LogP contribution in [-0.2, 0) is 33.3 Å². The van der Waals surface area contributed by atoms with Crippen molar-refractivity contribution >= 4 is 17.9 Å². The fourth-order valence-corrected chi connectivity index (χ4v) is 8.19. The Balaban J connectivity index is 4.26. The summed E-state index contributed by atoms with van der Waals surface area (Å²) in [4.78, 5) is 37.4. The average Bonchev–Trinajstić information content (AvgIpc) is 3.48. The van der Waals surface area contributed by atoms with Gasteiger partial charge in [0.05, 0.1) is 40.3 Å². The molecule has 0 aromatic carbocycles. The first kappa shape index (κ1) is 79.4. The highest BCUT2D eigenvalue weighted by Crippen LogP contribution is 2.15. The maximum atomic E-state index is 12.9. The number of rotatable bonds is 58. The molecule has 0 aliphatic carbocycles. The summed E-state index contributed by atoms with van der Waals surface area (Å²) < 4.78 is 22.7. The van der Waals surface area contributed by atoms with Crippen LogP contribution in [0.5, 0.6) is 0 Å². The highest BCUT2D eigenvalue weighted by atomic mass is 16.7. The number of unbranched alkanes of at least 4 members (excludes halogenated alkanes) is 13. The van der Waals surface area contributed by atoms with E-state index >= 15 is 0 Å². The molecule has 0 aliphatic heterocycles. The molecule has 0 amide bonds. The van der Waals surface area contributed by atoms with Crippen molar-refractivity contribution in [2.45, 2.75) is 232 Å². The second-order valence-electron chi connectivity index (χ2n) is 22.3. The quantitative estimate of drug-likeness (QED) is 0.0195. The maximum Gasteiger partial charge on any atom is 0.306 e. The number of ether oxygens (including phenoxy) is 4. The van der Waals surface area contributed by atoms with Gasteiger partial charge in [-0.05, 0) is 128 Å². The molecule has 0 radical (unpaired) electrons. The SMILES string of the molecule is CC/C=C\C/C=C\C/C=C\C/C=C\C/C=C\C/C=C\C/C=C\C/C=C\CCCCCCCCCCCCCCC(=O)OC(COC(=O)CCC/C=C\C/C=C\C/C=C\C/C=C\C/C=C\C/C=C\C/C=C\CC)COC(OCC[N+](C)(C)C)C(=O)[O-]. The Hall–Kier alpha value is -5.61. The number of aliphatic carboxylic acids is 1. The first-order chi connectivity index (χ1) is 41.6. The largest absolute Gasteiger partial charge is 0.545 e. The van der Waals surface area contributed by atoms with Gasteiger partial charge in [0.1, 0.15) is 13.2 Å². The maximum absolute atomic E-state index is 12.9. The molecule has 0 heterocycles. The molecular formula is C76H119NO8. The van der Waals surface area contributed by atoms with Gasteiger partial charge in [-0.25, -0.2) is 0 Å². The number of carbonyl (C=O) groups is 3. The zero-order valence-electron chi connectivity index (χ0n) is 54.1. The standard InChI is InChI=1S/C76H119NO8/c1-6-8-10-12-14-16-18-20-22-24-26-28-30-31-32-33-34-35-36-37-38-39-40-41-42-43-45-47-49-51-53-55-57-59-61-63-65-67-74(79)85-72(71-84-76(75(80)81)82-69-68-77(3,4)5)70-83-73(78)66-64-62-60-58-56-54-52-50-48-46-44-29-27-25-23-21-19-17-15-13-11-9-7-2/h8-11,14-17,20-23,26-29,31-32,34-35,37-38,40-41,46,48,52,54,58,60,72,76H,6-7,12-13,18-19,24-25,30,33,36,39,42-45,47,49-51,53,55-57,59,61-71H2,1-5H3/b10-8-,11-9-,16-14-,17-15-,22-20-,23-21-,28-26-,29-27-,32-31-,35-34-,38-37-,41-40-,48-46-,54-52-,60-58-. The van der Waals surface area contributed by atoms with Crippen LogP contribution in [0, 0.1) is 0 Å². The van der Waals surface area contributed by atoms with E-state index in [0.717, 1.165) is 128 Å². The molecular weight excluding hydrogens is 1050 g/mol. The van der Waals surface area contributed by atoms with E-state index in [1.807, 2.05) is 21.1 Å². The molecule has 0 fully saturated rings. The summed E-state index contributed by atoms with van der Waals surface area (Å²) in [7, 11) is 5.89. The van der Waals surface area contributed by atoms with Crippen LogP contribution < -0.4 is 5.11 Å². The summed E-state index contributed by atoms with van der Waals surface area (Å²) in [5.74, 6) is -2.39. The number of allylic oxidation sites excluding steroid dienone is 30. The van der Waals surface area contributed by atoms with E-state index in [0.29, 0.717) is 23.9 Å². The predicted octanol–water partition coefficient (Wildman–Crippen LogP) is 19.1. The lowest BCUT2D eigenvalue weighted by Gasteiger charge is -2.26. The Morgan fingerprint density at radius 3 is 0.976 bits per heavy atom. The highest BCUT2D eigenvalue weighted by Gasteiger charge is 2.22. The summed E-state index contributed by atoms with van der Waals surface area (Å²) in [6, 6.07) is 0. The first-order valence-corrected chi connectivity index (χ1v) is 32.9. The van der Waals surface area contributed by atoms with Crippen molar-refractivity contribution in [1.29, 1.82) is 0 Å². The molecule has 0 spiro atoms. The van der Waals surface area contributed by atoms with Crippen molar-refractivity contribution in [1.82, 2.24) is 0 Å². The summed E-state index contributed by atoms with van der Waals surface area (Å²) in [6.45, 7) is 4.43. The Labute approximate surface area is 519 Å². The third kappa shape index (κ3) is 65.8. The van der Waals surface area contributed by atoms with Crippen LogP contribution in [-0.4, -0.2) is 82.3 Å². The lowest BCUT2D eigenvalue weighted by atomic mass is 10.0. The van der Waals surface area contributed by atoms with Crippen molar-refractivity contribution in [2.24, 2.45) is 0 Å². The van der Waals surface area contributed by atoms with E-state index in [9.17, 15) is 19.5 Å². The zero-order chi connectivity index (χ0) is 61.9. The minimum atomic E-state index is -1.65. The van der Waals surface area contributed by atoms with Crippen LogP contribution in [0.15, 0.2) is 182 Å². The smallest absolute Gasteiger partial charge is 0.306 e. The van der Waals surface area contributed by atoms with Gasteiger partial charge in [-0.1, -0.05) is 260 Å². The minimum Gasteiger partial charge on any atom is -0.545 e. The van der Waals surface area contributed by atoms with Crippen LogP contribution in [0.1, 0.15) is 219 Å². The van der Waals surface area contributed by atoms with Crippen LogP contribution >= 0.6 is 0 Å². The van der Waals surface area contributed by atoms with Gasteiger partial charge in [0.15, 0.2) is 12.4 Å². The van der Waals surface area contributed by atoms with E-state index in [1.54, 1.807) is 0 Å². The van der Waals surface area contributed by atoms with E-state index in [-0.39, 0.29) is 32.7 Å². The molecule has 0 rings (SSSR count). The number of carboxylic acids is 1. The normalized spacial score (nSPS) is 13.9. The number of carboxylic acid groups (broad SMARTS) is 1. The van der Waals surface area contributed by atoms with Crippen molar-refractivity contribution in [3.05, 3.63) is 182 Å². The molecule has 0 aliphatic rings. The van der Waals surface area contributed by atoms with Gasteiger partial charge in [0.2, 0.25) is 0 Å². The molecule has 0 saturated carbocycles. The van der Waals surface area contributed by atoms with Gasteiger partial charge < -0.3 is 33.3 Å². The fourth-order valence-electron chi connectivity index (χ4n) is 8.19. The Kier molecular flexibility index (Phi) is 60.1. The summed E-state index contributed by atoms with van der Waals surface area (Å²) >= 11 is 0. The second-order valence-corrected chi connectivity index (χ2v) is 22.3. The Morgan fingerprint density at radius 2 is 0.647 bits per heavy atom. The van der Waals surface area contributed by atoms with Gasteiger partial charge in [0.25, 0.3) is 0 Å². The summed E-state index contributed by atoms with van der Waals surface area (Å²) in [5, 5.41) is 11.8. The van der Waals surface area contributed by atoms with Crippen molar-refractivity contribution in [2.75, 3.05) is 47.5 Å². The Bertz CT molecular complexity index is 2050. The summed E-state index contributed by atoms with van der Waals surface area (Å²) in [5.41, 5.74) is 0. The molecule has 2 atom stereocenters. The number of quaternary nitrogens is 1. The average molecular weight is 1170 g/mol. The van der Waals surface area contributed by atoms with Crippen LogP contribution in [0.4, 0.5) is 0 Å². The molecule has 0 aromatic heterocycles. The van der Waals surface area contributed by atoms with Gasteiger partial charge in [-0.3, -0.25) is 9.59 Å². The second kappa shape index (κ2) is 64.4. The predicted molar refractivity (Wildman–Crippen MR) is 361 cm³/mol. The van der Waals surface area contributed by atoms with Gasteiger partial charge in [0, 0.05) is 12.8 Å². The topological polar surface area (TPSA) is 111 Å². The first-order valence-electron chi connectivity index (χ1n) is 32.9. The van der Waals surface area contributed by atoms with Crippen molar-refractivity contribution < 1.29 is 42.9 Å². The summed E-state index contributed by atoms with van der Waals surface area (Å²) in [6.07, 6.45) is 95.4. The molecule has 2 unspecified atom stereocenters. The van der Waals surface area contributed by atoms with E-state index in [2.05, 4.69) is 196 Å². The molecule has 9 heteroatoms. The van der Waals surface area contributed by atoms with Crippen LogP contribution in [0.2, 0.25) is 0 Å². The third-order valence-electron chi connectivity index (χ3n) is 13.1. The number of likely N-dealkylation sites (N-methyl/N-ethyl adjacent to an activating group) is 1. The number of hydrogen-bond acceptors (Lipinski definition) is 8. The molecule has 0 bridgehead atoms. The number of nitrogens with zero attached hydrogens (tertiary/aromatic N) is 1. The molecule has 0 N–H and O–H groups in total. The Morgan fingerprint density at radius 1 is 0.353 bits per heavy atom. The van der Waals surface area contributed by atoms with Gasteiger partial charge >= 0.3 is 11.9 Å². The number of carbonyl (C=O) groups excluding carboxylic acids is 3. The molecule has 85 heavy (non-hydrogen) atoms. The van der Waals surface area contributed by atoms with Crippen LogP contribution in [0.25, 0.3) is 0 Å². The molecule has 0 saturated heterocycles. The van der Waals surface area contributed by atoms with Crippen LogP contribution in [0.3, 0.4) is 0 Å². The molecule has 0 aromatic rings. The fraction of sp³-hybridized carbons (Fsp3) is 0.566. The molecule has 9 nitrogen and oxygen atoms in total.